The summed E-state index contributed by atoms with van der Waals surface area (Å²) in [4.78, 5) is 7.66. The molecular weight excluding hydrogens is 510 g/mol. The van der Waals surface area contributed by atoms with E-state index < -0.39 is 0 Å². The second kappa shape index (κ2) is 7.96. The largest absolute Gasteiger partial charge is 0.309 e. The minimum atomic E-state index is 0.999. The predicted molar refractivity (Wildman–Crippen MR) is 176 cm³/mol. The average molecular weight is 534 g/mol. The molecule has 0 saturated heterocycles. The van der Waals surface area contributed by atoms with Crippen molar-refractivity contribution in [1.82, 2.24) is 9.38 Å². The number of anilines is 3. The van der Waals surface area contributed by atoms with Crippen molar-refractivity contribution in [2.45, 2.75) is 0 Å². The van der Waals surface area contributed by atoms with E-state index in [-0.39, 0.29) is 0 Å². The maximum atomic E-state index is 5.23. The quantitative estimate of drug-likeness (QED) is 0.196. The molecule has 0 saturated carbocycles. The van der Waals surface area contributed by atoms with Gasteiger partial charge in [0.1, 0.15) is 5.65 Å². The lowest BCUT2D eigenvalue weighted by Crippen LogP contribution is -2.15. The van der Waals surface area contributed by atoms with Crippen molar-refractivity contribution in [1.29, 1.82) is 0 Å². The molecule has 0 unspecified atom stereocenters. The monoisotopic (exact) mass is 533 g/mol. The fraction of sp³-hybridized carbons (Fsp3) is 0. The molecule has 0 bridgehead atoms. The number of imidazole rings is 1. The van der Waals surface area contributed by atoms with Gasteiger partial charge in [0.25, 0.3) is 0 Å². The van der Waals surface area contributed by atoms with Crippen LogP contribution in [0.3, 0.4) is 0 Å². The van der Waals surface area contributed by atoms with Crippen LogP contribution in [0.4, 0.5) is 17.1 Å². The summed E-state index contributed by atoms with van der Waals surface area (Å²) in [7, 11) is 0. The van der Waals surface area contributed by atoms with E-state index in [9.17, 15) is 0 Å². The Hall–Kier alpha value is -5.67. The van der Waals surface area contributed by atoms with Gasteiger partial charge in [0, 0.05) is 27.4 Å². The molecular formula is C39H23N3. The highest BCUT2D eigenvalue weighted by atomic mass is 15.2. The molecule has 3 nitrogen and oxygen atoms in total. The van der Waals surface area contributed by atoms with Crippen LogP contribution < -0.4 is 4.90 Å². The van der Waals surface area contributed by atoms with Crippen molar-refractivity contribution in [3.8, 4) is 11.1 Å². The van der Waals surface area contributed by atoms with Crippen molar-refractivity contribution in [2.75, 3.05) is 4.90 Å². The van der Waals surface area contributed by atoms with Crippen LogP contribution in [0.2, 0.25) is 0 Å². The molecule has 0 aliphatic carbocycles. The maximum absolute atomic E-state index is 5.23. The third kappa shape index (κ3) is 2.77. The number of hydrogen-bond acceptors (Lipinski definition) is 2. The Kier molecular flexibility index (Phi) is 4.18. The molecule has 3 heterocycles. The molecule has 194 valence electrons. The molecule has 10 rings (SSSR count). The Labute approximate surface area is 241 Å². The summed E-state index contributed by atoms with van der Waals surface area (Å²) >= 11 is 0. The van der Waals surface area contributed by atoms with Gasteiger partial charge in [0.15, 0.2) is 0 Å². The number of para-hydroxylation sites is 3. The summed E-state index contributed by atoms with van der Waals surface area (Å²) < 4.78 is 2.37. The van der Waals surface area contributed by atoms with Gasteiger partial charge in [-0.3, -0.25) is 4.40 Å². The maximum Gasteiger partial charge on any atom is 0.147 e. The molecule has 2 aromatic heterocycles. The van der Waals surface area contributed by atoms with Crippen LogP contribution in [-0.4, -0.2) is 9.38 Å². The van der Waals surface area contributed by atoms with Crippen LogP contribution in [0.1, 0.15) is 0 Å². The molecule has 7 aromatic carbocycles. The van der Waals surface area contributed by atoms with Gasteiger partial charge in [-0.1, -0.05) is 103 Å². The first-order chi connectivity index (χ1) is 20.8. The van der Waals surface area contributed by atoms with Crippen molar-refractivity contribution in [3.05, 3.63) is 140 Å². The first kappa shape index (κ1) is 22.1. The number of hydrogen-bond donors (Lipinski definition) is 0. The molecule has 3 heteroatoms. The normalized spacial score (nSPS) is 12.7. The zero-order chi connectivity index (χ0) is 27.4. The summed E-state index contributed by atoms with van der Waals surface area (Å²) in [5, 5.41) is 8.66. The van der Waals surface area contributed by atoms with Crippen molar-refractivity contribution in [3.63, 3.8) is 0 Å². The Bertz CT molecular complexity index is 2590. The Morgan fingerprint density at radius 3 is 2.17 bits per heavy atom. The van der Waals surface area contributed by atoms with E-state index in [1.54, 1.807) is 0 Å². The minimum Gasteiger partial charge on any atom is -0.309 e. The van der Waals surface area contributed by atoms with E-state index in [1.807, 2.05) is 0 Å². The summed E-state index contributed by atoms with van der Waals surface area (Å²) in [6.45, 7) is 0. The van der Waals surface area contributed by atoms with Crippen LogP contribution in [0.25, 0.3) is 71.0 Å². The van der Waals surface area contributed by atoms with Gasteiger partial charge in [0.2, 0.25) is 0 Å². The zero-order valence-electron chi connectivity index (χ0n) is 22.6. The summed E-state index contributed by atoms with van der Waals surface area (Å²) in [6, 6.07) is 50.6. The summed E-state index contributed by atoms with van der Waals surface area (Å²) in [5.74, 6) is 0. The van der Waals surface area contributed by atoms with Gasteiger partial charge in [-0.25, -0.2) is 4.98 Å². The lowest BCUT2D eigenvalue weighted by Gasteiger charge is -2.33. The topological polar surface area (TPSA) is 20.5 Å². The molecule has 0 amide bonds. The van der Waals surface area contributed by atoms with Gasteiger partial charge in [-0.2, -0.15) is 0 Å². The van der Waals surface area contributed by atoms with E-state index in [2.05, 4.69) is 149 Å². The van der Waals surface area contributed by atoms with Crippen LogP contribution in [0, 0.1) is 0 Å². The van der Waals surface area contributed by atoms with Crippen molar-refractivity contribution >= 4 is 77.0 Å². The second-order valence-corrected chi connectivity index (χ2v) is 11.2. The molecule has 1 aliphatic rings. The van der Waals surface area contributed by atoms with Crippen LogP contribution in [0.15, 0.2) is 140 Å². The van der Waals surface area contributed by atoms with Crippen molar-refractivity contribution in [2.24, 2.45) is 0 Å². The fourth-order valence-corrected chi connectivity index (χ4v) is 7.28. The first-order valence-corrected chi connectivity index (χ1v) is 14.4. The molecule has 42 heavy (non-hydrogen) atoms. The Balaban J connectivity index is 1.37. The van der Waals surface area contributed by atoms with Crippen LogP contribution in [0.5, 0.6) is 0 Å². The minimum absolute atomic E-state index is 0.999. The number of pyridine rings is 1. The molecule has 0 N–H and O–H groups in total. The molecule has 0 radical (unpaired) electrons. The van der Waals surface area contributed by atoms with E-state index in [0.717, 1.165) is 27.9 Å². The lowest BCUT2D eigenvalue weighted by atomic mass is 9.91. The second-order valence-electron chi connectivity index (χ2n) is 11.2. The Morgan fingerprint density at radius 2 is 1.19 bits per heavy atom. The molecule has 0 spiro atoms. The van der Waals surface area contributed by atoms with Gasteiger partial charge < -0.3 is 4.90 Å². The number of aromatic nitrogens is 2. The lowest BCUT2D eigenvalue weighted by molar-refractivity contribution is 1.27. The highest BCUT2D eigenvalue weighted by Gasteiger charge is 2.26. The van der Waals surface area contributed by atoms with Gasteiger partial charge in [0.05, 0.1) is 27.9 Å². The average Bonchev–Trinajstić information content (AvgIpc) is 3.44. The molecule has 9 aromatic rings. The highest BCUT2D eigenvalue weighted by molar-refractivity contribution is 6.23. The Morgan fingerprint density at radius 1 is 0.452 bits per heavy atom. The van der Waals surface area contributed by atoms with Gasteiger partial charge >= 0.3 is 0 Å². The van der Waals surface area contributed by atoms with Gasteiger partial charge in [-0.15, -0.1) is 0 Å². The smallest absolute Gasteiger partial charge is 0.147 e. The third-order valence-electron chi connectivity index (χ3n) is 9.04. The fourth-order valence-electron chi connectivity index (χ4n) is 7.28. The van der Waals surface area contributed by atoms with Crippen LogP contribution in [-0.2, 0) is 0 Å². The molecule has 1 aliphatic heterocycles. The van der Waals surface area contributed by atoms with E-state index >= 15 is 0 Å². The SMILES string of the molecule is c1ccc2c(c1)-c1cccc3cccc(c13)N2c1ccc2c3ccc4ccccc4c3c3nc4ccccc4n3c2c1. The number of rotatable bonds is 1. The summed E-state index contributed by atoms with van der Waals surface area (Å²) in [6.07, 6.45) is 0. The van der Waals surface area contributed by atoms with Crippen molar-refractivity contribution < 1.29 is 0 Å². The first-order valence-electron chi connectivity index (χ1n) is 14.4. The van der Waals surface area contributed by atoms with Gasteiger partial charge in [-0.05, 0) is 63.5 Å². The molecule has 0 atom stereocenters. The predicted octanol–water partition coefficient (Wildman–Crippen LogP) is 10.6. The van der Waals surface area contributed by atoms with Crippen LogP contribution >= 0.6 is 0 Å². The van der Waals surface area contributed by atoms with E-state index in [1.165, 1.54) is 60.2 Å². The summed E-state index contributed by atoms with van der Waals surface area (Å²) in [5.41, 5.74) is 10.4. The van der Waals surface area contributed by atoms with E-state index in [0.29, 0.717) is 0 Å². The number of fused-ring (bicyclic) bond motifs is 12. The third-order valence-corrected chi connectivity index (χ3v) is 9.04. The molecule has 0 fully saturated rings. The highest BCUT2D eigenvalue weighted by Crippen LogP contribution is 2.51. The van der Waals surface area contributed by atoms with E-state index in [4.69, 9.17) is 4.98 Å². The zero-order valence-corrected chi connectivity index (χ0v) is 22.6. The standard InChI is InChI=1S/C39H23N3/c1-2-12-27-24(9-1)19-21-31-29-22-20-26(23-36(29)42-34-17-6-4-15-32(34)40-39(42)38(27)31)41-33-16-5-3-13-28(33)30-14-7-10-25-11-8-18-35(41)37(25)30/h1-23H. The number of benzene rings is 7. The number of nitrogens with zero attached hydrogens (tertiary/aromatic N) is 3.